The number of aryl methyl sites for hydroxylation is 2. The molecule has 0 spiro atoms. The molecule has 2 aliphatic rings. The van der Waals surface area contributed by atoms with Gasteiger partial charge >= 0.3 is 0 Å². The van der Waals surface area contributed by atoms with Gasteiger partial charge in [-0.15, -0.1) is 0 Å². The molecule has 1 aromatic rings. The molecule has 6 heteroatoms. The second-order valence-corrected chi connectivity index (χ2v) is 9.88. The van der Waals surface area contributed by atoms with Crippen LogP contribution in [0.4, 0.5) is 0 Å². The third-order valence-electron chi connectivity index (χ3n) is 7.58. The summed E-state index contributed by atoms with van der Waals surface area (Å²) in [6.07, 6.45) is 5.58. The number of phenols is 1. The molecular formula is C28H39NO5. The number of allylic oxidation sites excluding steroid dienone is 2. The van der Waals surface area contributed by atoms with Gasteiger partial charge in [-0.05, 0) is 80.3 Å². The molecule has 2 amide bonds. The zero-order valence-corrected chi connectivity index (χ0v) is 21.1. The van der Waals surface area contributed by atoms with Crippen molar-refractivity contribution in [3.63, 3.8) is 0 Å². The minimum Gasteiger partial charge on any atom is -0.507 e. The lowest BCUT2D eigenvalue weighted by Gasteiger charge is -2.36. The Labute approximate surface area is 203 Å². The fraction of sp³-hybridized carbons (Fsp3) is 0.571. The van der Waals surface area contributed by atoms with Gasteiger partial charge < -0.3 is 15.3 Å². The van der Waals surface area contributed by atoms with Crippen molar-refractivity contribution in [3.8, 4) is 5.75 Å². The smallest absolute Gasteiger partial charge is 0.233 e. The van der Waals surface area contributed by atoms with Gasteiger partial charge in [0.25, 0.3) is 0 Å². The fourth-order valence-corrected chi connectivity index (χ4v) is 5.83. The van der Waals surface area contributed by atoms with E-state index in [1.807, 2.05) is 32.9 Å². The Morgan fingerprint density at radius 3 is 2.35 bits per heavy atom. The maximum atomic E-state index is 12.8. The van der Waals surface area contributed by atoms with Crippen molar-refractivity contribution in [2.45, 2.75) is 72.3 Å². The summed E-state index contributed by atoms with van der Waals surface area (Å²) < 4.78 is 0. The van der Waals surface area contributed by atoms with Gasteiger partial charge in [0.05, 0.1) is 24.5 Å². The summed E-state index contributed by atoms with van der Waals surface area (Å²) in [5, 5.41) is 31.6. The molecule has 3 rings (SSSR count). The van der Waals surface area contributed by atoms with Crippen LogP contribution in [0.2, 0.25) is 0 Å². The number of aromatic hydroxyl groups is 1. The number of rotatable bonds is 9. The quantitative estimate of drug-likeness (QED) is 0.370. The Morgan fingerprint density at radius 1 is 1.15 bits per heavy atom. The zero-order chi connectivity index (χ0) is 25.2. The van der Waals surface area contributed by atoms with Crippen LogP contribution in [0.5, 0.6) is 5.75 Å². The van der Waals surface area contributed by atoms with Gasteiger partial charge in [-0.3, -0.25) is 14.5 Å². The van der Waals surface area contributed by atoms with Gasteiger partial charge in [-0.1, -0.05) is 37.5 Å². The van der Waals surface area contributed by atoms with Crippen molar-refractivity contribution in [1.82, 2.24) is 4.90 Å². The molecule has 0 saturated carbocycles. The lowest BCUT2D eigenvalue weighted by Crippen LogP contribution is -2.39. The summed E-state index contributed by atoms with van der Waals surface area (Å²) in [4.78, 5) is 26.6. The molecule has 6 nitrogen and oxygen atoms in total. The van der Waals surface area contributed by atoms with E-state index in [1.165, 1.54) is 17.5 Å². The number of aliphatic hydroxyl groups is 2. The fourth-order valence-electron chi connectivity index (χ4n) is 5.83. The number of hydrogen-bond donors (Lipinski definition) is 3. The van der Waals surface area contributed by atoms with Crippen LogP contribution in [-0.4, -0.2) is 51.8 Å². The number of aliphatic hydroxyl groups excluding tert-OH is 2. The van der Waals surface area contributed by atoms with Gasteiger partial charge in [-0.2, -0.15) is 0 Å². The molecule has 1 aromatic carbocycles. The standard InChI is InChI=1S/C28H39NO5/c1-6-8-18(13-19-11-16(3)26(32)17(4)12-19)9-10-23(31)24-20(7-2)14-21-25(22(24)15-30)28(34)29(5)27(21)33/h11-13,21-23,25,30-32H,6-10,14-15H2,1-5H3/b18-13+/t21-,22+,23-,25-/m1/s1. The minimum atomic E-state index is -0.773. The van der Waals surface area contributed by atoms with Crippen LogP contribution >= 0.6 is 0 Å². The van der Waals surface area contributed by atoms with E-state index in [2.05, 4.69) is 13.0 Å². The lowest BCUT2D eigenvalue weighted by atomic mass is 9.67. The highest BCUT2D eigenvalue weighted by atomic mass is 16.3. The van der Waals surface area contributed by atoms with Gasteiger partial charge in [0.2, 0.25) is 11.8 Å². The number of carbonyl (C=O) groups is 2. The first kappa shape index (κ1) is 26.2. The SMILES string of the molecule is CCC/C(=C\c1cc(C)c(O)c(C)c1)CC[C@@H](O)C1=C(CC)C[C@H]2C(=O)N(C)C(=O)[C@H]2[C@H]1CO. The third-order valence-corrected chi connectivity index (χ3v) is 7.58. The molecule has 1 heterocycles. The molecule has 1 saturated heterocycles. The Kier molecular flexibility index (Phi) is 8.37. The van der Waals surface area contributed by atoms with E-state index in [4.69, 9.17) is 0 Å². The molecule has 1 fully saturated rings. The van der Waals surface area contributed by atoms with E-state index < -0.39 is 23.9 Å². The number of carbonyl (C=O) groups excluding carboxylic acids is 2. The highest BCUT2D eigenvalue weighted by Gasteiger charge is 2.53. The number of hydrogen-bond acceptors (Lipinski definition) is 5. The van der Waals surface area contributed by atoms with Crippen LogP contribution in [0.3, 0.4) is 0 Å². The normalized spacial score (nSPS) is 24.1. The molecule has 3 N–H and O–H groups in total. The summed E-state index contributed by atoms with van der Waals surface area (Å²) in [6.45, 7) is 7.64. The first-order valence-corrected chi connectivity index (χ1v) is 12.5. The van der Waals surface area contributed by atoms with Crippen LogP contribution in [0.1, 0.15) is 69.1 Å². The Hall–Kier alpha value is -2.44. The van der Waals surface area contributed by atoms with E-state index in [0.29, 0.717) is 31.4 Å². The van der Waals surface area contributed by atoms with E-state index in [0.717, 1.165) is 40.7 Å². The highest BCUT2D eigenvalue weighted by Crippen LogP contribution is 2.46. The van der Waals surface area contributed by atoms with Crippen molar-refractivity contribution in [2.24, 2.45) is 17.8 Å². The largest absolute Gasteiger partial charge is 0.507 e. The Morgan fingerprint density at radius 2 is 1.79 bits per heavy atom. The summed E-state index contributed by atoms with van der Waals surface area (Å²) in [5.74, 6) is -1.65. The Bertz CT molecular complexity index is 985. The van der Waals surface area contributed by atoms with E-state index >= 15 is 0 Å². The average molecular weight is 470 g/mol. The molecular weight excluding hydrogens is 430 g/mol. The molecule has 0 aromatic heterocycles. The number of imide groups is 1. The molecule has 186 valence electrons. The number of likely N-dealkylation sites (tertiary alicyclic amines) is 1. The van der Waals surface area contributed by atoms with Crippen LogP contribution in [0.25, 0.3) is 6.08 Å². The third kappa shape index (κ3) is 4.98. The number of nitrogens with zero attached hydrogens (tertiary/aromatic N) is 1. The summed E-state index contributed by atoms with van der Waals surface area (Å²) in [6, 6.07) is 3.93. The summed E-state index contributed by atoms with van der Waals surface area (Å²) in [7, 11) is 1.51. The highest BCUT2D eigenvalue weighted by molar-refractivity contribution is 6.05. The molecule has 0 radical (unpaired) electrons. The lowest BCUT2D eigenvalue weighted by molar-refractivity contribution is -0.138. The predicted molar refractivity (Wildman–Crippen MR) is 133 cm³/mol. The van der Waals surface area contributed by atoms with Gasteiger partial charge in [0, 0.05) is 13.0 Å². The van der Waals surface area contributed by atoms with E-state index in [9.17, 15) is 24.9 Å². The molecule has 1 aliphatic carbocycles. The van der Waals surface area contributed by atoms with Crippen molar-refractivity contribution >= 4 is 17.9 Å². The zero-order valence-electron chi connectivity index (χ0n) is 21.1. The first-order valence-electron chi connectivity index (χ1n) is 12.5. The van der Waals surface area contributed by atoms with Crippen LogP contribution in [0, 0.1) is 31.6 Å². The van der Waals surface area contributed by atoms with Crippen molar-refractivity contribution < 1.29 is 24.9 Å². The molecule has 1 aliphatic heterocycles. The molecule has 34 heavy (non-hydrogen) atoms. The van der Waals surface area contributed by atoms with Crippen LogP contribution in [0.15, 0.2) is 28.9 Å². The summed E-state index contributed by atoms with van der Waals surface area (Å²) in [5.41, 5.74) is 5.67. The van der Waals surface area contributed by atoms with Gasteiger partial charge in [0.1, 0.15) is 5.75 Å². The Balaban J connectivity index is 1.84. The summed E-state index contributed by atoms with van der Waals surface area (Å²) >= 11 is 0. The van der Waals surface area contributed by atoms with Crippen molar-refractivity contribution in [3.05, 3.63) is 45.5 Å². The van der Waals surface area contributed by atoms with Gasteiger partial charge in [-0.25, -0.2) is 0 Å². The van der Waals surface area contributed by atoms with Crippen molar-refractivity contribution in [2.75, 3.05) is 13.7 Å². The second-order valence-electron chi connectivity index (χ2n) is 9.88. The van der Waals surface area contributed by atoms with Crippen molar-refractivity contribution in [1.29, 1.82) is 0 Å². The molecule has 4 atom stereocenters. The second kappa shape index (κ2) is 10.9. The number of amides is 2. The number of benzene rings is 1. The predicted octanol–water partition coefficient (Wildman–Crippen LogP) is 4.28. The van der Waals surface area contributed by atoms with Gasteiger partial charge in [0.15, 0.2) is 0 Å². The maximum absolute atomic E-state index is 12.8. The molecule has 0 bridgehead atoms. The number of phenolic OH excluding ortho intramolecular Hbond substituents is 1. The number of fused-ring (bicyclic) bond motifs is 1. The van der Waals surface area contributed by atoms with E-state index in [-0.39, 0.29) is 18.4 Å². The van der Waals surface area contributed by atoms with E-state index in [1.54, 1.807) is 0 Å². The molecule has 0 unspecified atom stereocenters. The average Bonchev–Trinajstić information content (AvgIpc) is 3.03. The topological polar surface area (TPSA) is 98.1 Å². The maximum Gasteiger partial charge on any atom is 0.233 e. The van der Waals surface area contributed by atoms with Crippen LogP contribution in [-0.2, 0) is 9.59 Å². The van der Waals surface area contributed by atoms with Crippen LogP contribution < -0.4 is 0 Å². The monoisotopic (exact) mass is 469 g/mol. The minimum absolute atomic E-state index is 0.180. The first-order chi connectivity index (χ1) is 16.1.